The molecular weight excluding hydrogens is 500 g/mol. The highest BCUT2D eigenvalue weighted by molar-refractivity contribution is 5.70. The molecule has 3 aromatic rings. The monoisotopic (exact) mass is 538 g/mol. The van der Waals surface area contributed by atoms with Crippen molar-refractivity contribution in [2.24, 2.45) is 0 Å². The van der Waals surface area contributed by atoms with Gasteiger partial charge in [0, 0.05) is 24.9 Å². The Balaban J connectivity index is 1.65. The Morgan fingerprint density at radius 2 is 1.77 bits per heavy atom. The summed E-state index contributed by atoms with van der Waals surface area (Å²) in [5.41, 5.74) is 2.74. The highest BCUT2D eigenvalue weighted by atomic mass is 16.6. The molecule has 0 unspecified atom stereocenters. The van der Waals surface area contributed by atoms with Crippen molar-refractivity contribution in [1.82, 2.24) is 10.3 Å². The standard InChI is InChI=1S/C30H38N2O7/c1-19(2)37-29(35)31-18-23-17-25(13-9-21(23)10-14-27(34)39-30(4,5)6)36-16-15-26-20(3)38-28(32-26)22-7-11-24(33)12-8-22/h7-9,11-13,17,19,33H,10,14-16,18H2,1-6H3,(H,31,35). The first-order chi connectivity index (χ1) is 18.4. The Hall–Kier alpha value is -4.01. The highest BCUT2D eigenvalue weighted by Crippen LogP contribution is 2.25. The number of phenols is 1. The predicted octanol–water partition coefficient (Wildman–Crippen LogP) is 5.89. The van der Waals surface area contributed by atoms with E-state index in [-0.39, 0.29) is 30.8 Å². The van der Waals surface area contributed by atoms with Crippen LogP contribution < -0.4 is 10.1 Å². The third-order valence-corrected chi connectivity index (χ3v) is 5.58. The van der Waals surface area contributed by atoms with Gasteiger partial charge >= 0.3 is 12.1 Å². The second-order valence-corrected chi connectivity index (χ2v) is 10.5. The number of amides is 1. The third kappa shape index (κ3) is 9.67. The van der Waals surface area contributed by atoms with Crippen molar-refractivity contribution in [2.45, 2.75) is 79.1 Å². The molecule has 0 aliphatic rings. The van der Waals surface area contributed by atoms with E-state index in [1.54, 1.807) is 38.1 Å². The van der Waals surface area contributed by atoms with Crippen LogP contribution in [-0.2, 0) is 33.7 Å². The van der Waals surface area contributed by atoms with Gasteiger partial charge < -0.3 is 29.1 Å². The first kappa shape index (κ1) is 29.5. The molecule has 210 valence electrons. The van der Waals surface area contributed by atoms with Gasteiger partial charge in [0.1, 0.15) is 22.9 Å². The van der Waals surface area contributed by atoms with E-state index in [2.05, 4.69) is 10.3 Å². The van der Waals surface area contributed by atoms with E-state index in [1.165, 1.54) is 0 Å². The first-order valence-corrected chi connectivity index (χ1v) is 13.1. The number of carbonyl (C=O) groups is 2. The van der Waals surface area contributed by atoms with E-state index in [9.17, 15) is 14.7 Å². The molecule has 0 bridgehead atoms. The molecule has 3 rings (SSSR count). The number of carbonyl (C=O) groups excluding carboxylic acids is 2. The maximum Gasteiger partial charge on any atom is 0.407 e. The van der Waals surface area contributed by atoms with Gasteiger partial charge in [0.05, 0.1) is 18.4 Å². The van der Waals surface area contributed by atoms with Crippen LogP contribution in [0.2, 0.25) is 0 Å². The predicted molar refractivity (Wildman–Crippen MR) is 147 cm³/mol. The smallest absolute Gasteiger partial charge is 0.407 e. The van der Waals surface area contributed by atoms with Crippen molar-refractivity contribution in [1.29, 1.82) is 0 Å². The highest BCUT2D eigenvalue weighted by Gasteiger charge is 2.17. The van der Waals surface area contributed by atoms with E-state index in [0.717, 1.165) is 22.4 Å². The lowest BCUT2D eigenvalue weighted by molar-refractivity contribution is -0.154. The summed E-state index contributed by atoms with van der Waals surface area (Å²) in [6, 6.07) is 12.3. The Morgan fingerprint density at radius 3 is 2.44 bits per heavy atom. The quantitative estimate of drug-likeness (QED) is 0.290. The molecule has 2 N–H and O–H groups in total. The number of hydrogen-bond acceptors (Lipinski definition) is 8. The molecule has 0 fully saturated rings. The van der Waals surface area contributed by atoms with E-state index in [4.69, 9.17) is 18.6 Å². The zero-order valence-electron chi connectivity index (χ0n) is 23.5. The Labute approximate surface area is 229 Å². The van der Waals surface area contributed by atoms with Crippen molar-refractivity contribution in [3.05, 3.63) is 65.0 Å². The van der Waals surface area contributed by atoms with E-state index >= 15 is 0 Å². The summed E-state index contributed by atoms with van der Waals surface area (Å²) in [7, 11) is 0. The van der Waals surface area contributed by atoms with Crippen LogP contribution in [0.25, 0.3) is 11.5 Å². The molecule has 0 saturated heterocycles. The largest absolute Gasteiger partial charge is 0.508 e. The van der Waals surface area contributed by atoms with Crippen LogP contribution in [0.5, 0.6) is 11.5 Å². The fourth-order valence-electron chi connectivity index (χ4n) is 3.81. The van der Waals surface area contributed by atoms with Gasteiger partial charge in [-0.1, -0.05) is 6.07 Å². The van der Waals surface area contributed by atoms with Crippen LogP contribution in [0.15, 0.2) is 46.9 Å². The Bertz CT molecular complexity index is 1260. The summed E-state index contributed by atoms with van der Waals surface area (Å²) in [5, 5.41) is 12.3. The molecule has 0 spiro atoms. The first-order valence-electron chi connectivity index (χ1n) is 13.1. The number of nitrogens with one attached hydrogen (secondary N) is 1. The van der Waals surface area contributed by atoms with Gasteiger partial charge in [0.25, 0.3) is 0 Å². The van der Waals surface area contributed by atoms with Gasteiger partial charge in [0.15, 0.2) is 0 Å². The fraction of sp³-hybridized carbons (Fsp3) is 0.433. The zero-order valence-corrected chi connectivity index (χ0v) is 23.5. The summed E-state index contributed by atoms with van der Waals surface area (Å²) in [6.07, 6.45) is 0.461. The molecular formula is C30H38N2O7. The number of oxazole rings is 1. The number of aromatic hydroxyl groups is 1. The molecule has 0 atom stereocenters. The third-order valence-electron chi connectivity index (χ3n) is 5.58. The average Bonchev–Trinajstić information content (AvgIpc) is 3.21. The lowest BCUT2D eigenvalue weighted by atomic mass is 10.0. The number of nitrogens with zero attached hydrogens (tertiary/aromatic N) is 1. The van der Waals surface area contributed by atoms with Gasteiger partial charge in [-0.15, -0.1) is 0 Å². The molecule has 0 radical (unpaired) electrons. The van der Waals surface area contributed by atoms with Crippen molar-refractivity contribution >= 4 is 12.1 Å². The number of aryl methyl sites for hydroxylation is 2. The molecule has 1 amide bonds. The zero-order chi connectivity index (χ0) is 28.6. The molecule has 1 aromatic heterocycles. The molecule has 0 aliphatic heterocycles. The SMILES string of the molecule is Cc1oc(-c2ccc(O)cc2)nc1CCOc1ccc(CCC(=O)OC(C)(C)C)c(CNC(=O)OC(C)C)c1. The summed E-state index contributed by atoms with van der Waals surface area (Å²) >= 11 is 0. The van der Waals surface area contributed by atoms with Gasteiger partial charge in [-0.3, -0.25) is 4.79 Å². The molecule has 9 nitrogen and oxygen atoms in total. The molecule has 2 aromatic carbocycles. The normalized spacial score (nSPS) is 11.4. The number of esters is 1. The fourth-order valence-corrected chi connectivity index (χ4v) is 3.81. The maximum atomic E-state index is 12.2. The van der Waals surface area contributed by atoms with Crippen LogP contribution in [-0.4, -0.2) is 40.5 Å². The topological polar surface area (TPSA) is 120 Å². The van der Waals surface area contributed by atoms with Gasteiger partial charge in [-0.05, 0) is 95.5 Å². The number of alkyl carbamates (subject to hydrolysis) is 1. The number of benzene rings is 2. The number of rotatable bonds is 11. The summed E-state index contributed by atoms with van der Waals surface area (Å²) < 4.78 is 22.4. The summed E-state index contributed by atoms with van der Waals surface area (Å²) in [5.74, 6) is 1.71. The van der Waals surface area contributed by atoms with Gasteiger partial charge in [0.2, 0.25) is 5.89 Å². The van der Waals surface area contributed by atoms with Crippen LogP contribution in [0, 0.1) is 6.92 Å². The van der Waals surface area contributed by atoms with Gasteiger partial charge in [-0.25, -0.2) is 9.78 Å². The molecule has 9 heteroatoms. The van der Waals surface area contributed by atoms with Crippen LogP contribution in [0.4, 0.5) is 4.79 Å². The molecule has 0 saturated carbocycles. The van der Waals surface area contributed by atoms with Crippen molar-refractivity contribution < 1.29 is 33.3 Å². The number of phenolic OH excluding ortho intramolecular Hbond substituents is 1. The summed E-state index contributed by atoms with van der Waals surface area (Å²) in [6.45, 7) is 11.5. The minimum Gasteiger partial charge on any atom is -0.508 e. The van der Waals surface area contributed by atoms with E-state index in [0.29, 0.717) is 36.8 Å². The Kier molecular flexibility index (Phi) is 9.98. The van der Waals surface area contributed by atoms with E-state index < -0.39 is 11.7 Å². The second kappa shape index (κ2) is 13.2. The molecule has 0 aliphatic carbocycles. The summed E-state index contributed by atoms with van der Waals surface area (Å²) in [4.78, 5) is 28.9. The van der Waals surface area contributed by atoms with Crippen molar-refractivity contribution in [3.63, 3.8) is 0 Å². The molecule has 39 heavy (non-hydrogen) atoms. The van der Waals surface area contributed by atoms with Crippen molar-refractivity contribution in [3.8, 4) is 23.0 Å². The number of aromatic nitrogens is 1. The van der Waals surface area contributed by atoms with Gasteiger partial charge in [-0.2, -0.15) is 0 Å². The molecule has 1 heterocycles. The van der Waals surface area contributed by atoms with Crippen LogP contribution in [0.1, 0.15) is 63.6 Å². The Morgan fingerprint density at radius 1 is 1.05 bits per heavy atom. The maximum absolute atomic E-state index is 12.2. The average molecular weight is 539 g/mol. The minimum absolute atomic E-state index is 0.179. The van der Waals surface area contributed by atoms with Crippen molar-refractivity contribution in [2.75, 3.05) is 6.61 Å². The lowest BCUT2D eigenvalue weighted by Gasteiger charge is -2.20. The second-order valence-electron chi connectivity index (χ2n) is 10.5. The van der Waals surface area contributed by atoms with Crippen LogP contribution in [0.3, 0.4) is 0 Å². The van der Waals surface area contributed by atoms with E-state index in [1.807, 2.05) is 45.9 Å². The minimum atomic E-state index is -0.549. The lowest BCUT2D eigenvalue weighted by Crippen LogP contribution is -2.27. The van der Waals surface area contributed by atoms with Crippen LogP contribution >= 0.6 is 0 Å². The number of hydrogen-bond donors (Lipinski definition) is 2. The number of ether oxygens (including phenoxy) is 3.